The molecule has 25 N–H and O–H groups in total. The molecule has 4 aliphatic heterocycles. The fourth-order valence-electron chi connectivity index (χ4n) is 3.25. The number of carbonyl (C=O) groups is 2. The van der Waals surface area contributed by atoms with Gasteiger partial charge >= 0.3 is 263 Å². The van der Waals surface area contributed by atoms with Crippen molar-refractivity contribution < 1.29 is 209 Å². The summed E-state index contributed by atoms with van der Waals surface area (Å²) in [5, 5.41) is 60.4. The predicted molar refractivity (Wildman–Crippen MR) is 116 cm³/mol. The van der Waals surface area contributed by atoms with E-state index < -0.39 is 115 Å². The number of aliphatic hydroxyl groups is 4. The van der Waals surface area contributed by atoms with Gasteiger partial charge in [-0.2, -0.15) is 0 Å². The van der Waals surface area contributed by atoms with Crippen LogP contribution in [0.2, 0.25) is 0 Å². The van der Waals surface area contributed by atoms with Crippen molar-refractivity contribution in [3.63, 3.8) is 0 Å². The van der Waals surface area contributed by atoms with Gasteiger partial charge in [-0.3, -0.25) is 0 Å². The van der Waals surface area contributed by atoms with Crippen molar-refractivity contribution in [3.05, 3.63) is 0 Å². The van der Waals surface area contributed by atoms with Crippen LogP contribution < -0.4 is 98.9 Å². The summed E-state index contributed by atoms with van der Waals surface area (Å²) < 4.78 is 38.6. The molecule has 254 valence electrons. The molecule has 10 atom stereocenters. The van der Waals surface area contributed by atoms with Gasteiger partial charge in [-0.05, 0) is 0 Å². The Hall–Kier alpha value is 2.70. The van der Waals surface area contributed by atoms with Crippen LogP contribution in [0.4, 0.5) is 0 Å². The first-order chi connectivity index (χ1) is 13.6. The van der Waals surface area contributed by atoms with Crippen LogP contribution in [0.3, 0.4) is 0 Å². The van der Waals surface area contributed by atoms with Crippen LogP contribution in [-0.4, -0.2) is 196 Å². The maximum atomic E-state index is 11.0. The van der Waals surface area contributed by atoms with Crippen LogP contribution in [0, 0.1) is 0 Å². The van der Waals surface area contributed by atoms with Gasteiger partial charge in [0.1, 0.15) is 0 Å². The van der Waals surface area contributed by atoms with Crippen LogP contribution in [0.5, 0.6) is 0 Å². The van der Waals surface area contributed by atoms with Gasteiger partial charge in [0.25, 0.3) is 0 Å². The Morgan fingerprint density at radius 3 is 1.07 bits per heavy atom. The first-order valence-electron chi connectivity index (χ1n) is 8.23. The van der Waals surface area contributed by atoms with Gasteiger partial charge in [0.05, 0.1) is 0 Å². The molecule has 4 bridgehead atoms. The second-order valence-electron chi connectivity index (χ2n) is 6.44. The van der Waals surface area contributed by atoms with E-state index in [1.807, 2.05) is 0 Å². The summed E-state index contributed by atoms with van der Waals surface area (Å²) in [4.78, 5) is 22.0. The summed E-state index contributed by atoms with van der Waals surface area (Å²) in [7, 11) is 0. The van der Waals surface area contributed by atoms with Crippen molar-refractivity contribution in [3.8, 4) is 0 Å². The average Bonchev–Trinajstić information content (AvgIpc) is 3.41. The molecule has 4 rings (SSSR count). The normalized spacial score (nSPS) is 32.0. The van der Waals surface area contributed by atoms with E-state index in [4.69, 9.17) is 19.4 Å². The minimum Gasteiger partial charge on any atom is -0.870 e. The minimum absolute atomic E-state index is 0. The minimum atomic E-state index is -5.06. The number of carboxylic acids is 2. The van der Waals surface area contributed by atoms with E-state index in [1.165, 1.54) is 0 Å². The van der Waals surface area contributed by atoms with Crippen molar-refractivity contribution in [2.24, 2.45) is 0 Å². The number of aliphatic carboxylic acids is 2. The average molecular weight is 910 g/mol. The molecule has 0 aromatic heterocycles. The van der Waals surface area contributed by atoms with E-state index in [-0.39, 0.29) is 149 Å². The fraction of sp³-hybridized carbons (Fsp3) is 0.833. The fourth-order valence-corrected chi connectivity index (χ4v) is 23.7. The van der Waals surface area contributed by atoms with Gasteiger partial charge in [-0.15, -0.1) is 0 Å². The summed E-state index contributed by atoms with van der Waals surface area (Å²) in [6.07, 6.45) is -11.7. The molecule has 0 aliphatic carbocycles. The summed E-state index contributed by atoms with van der Waals surface area (Å²) >= 11 is -10.1. The molecule has 4 heterocycles. The van der Waals surface area contributed by atoms with Gasteiger partial charge in [0.2, 0.25) is 0 Å². The van der Waals surface area contributed by atoms with E-state index in [1.54, 1.807) is 0 Å². The van der Waals surface area contributed by atoms with Gasteiger partial charge in [-0.1, -0.05) is 0 Å². The molecular formula is C12H37Na3O26Sb2. The quantitative estimate of drug-likeness (QED) is 0.164. The molecule has 0 aromatic carbocycles. The Morgan fingerprint density at radius 2 is 0.860 bits per heavy atom. The van der Waals surface area contributed by atoms with Crippen LogP contribution >= 0.6 is 0 Å². The third-order valence-corrected chi connectivity index (χ3v) is 22.1. The molecule has 10 unspecified atom stereocenters. The maximum Gasteiger partial charge on any atom is 1.00 e. The SMILES string of the molecule is O.O.O.O.O.O.O.O.O.O.O=C([O-])C(O)C1[O][Sb]2([O][Sb]34[O]C(CO)C([O]3)C(C(O)C(=O)[O-])[O]4)[O]C(CO)C1[O]2.[Na+].[Na+].[Na+].[OH-]. The van der Waals surface area contributed by atoms with Gasteiger partial charge < -0.3 is 60.2 Å². The Kier molecular flexibility index (Phi) is 52.2. The zero-order chi connectivity index (χ0) is 21.1. The van der Waals surface area contributed by atoms with E-state index in [2.05, 4.69) is 0 Å². The summed E-state index contributed by atoms with van der Waals surface area (Å²) in [6.45, 7) is -1.22. The number of aliphatic hydroxyl groups excluding tert-OH is 4. The molecule has 2 radical (unpaired) electrons. The summed E-state index contributed by atoms with van der Waals surface area (Å²) in [6, 6.07) is 0. The Balaban J connectivity index is -0.0000000813. The van der Waals surface area contributed by atoms with Crippen LogP contribution in [0.25, 0.3) is 0 Å². The molecule has 26 nitrogen and oxygen atoms in total. The van der Waals surface area contributed by atoms with Crippen molar-refractivity contribution in [2.45, 2.75) is 48.8 Å². The number of hydrogen-bond acceptors (Lipinski definition) is 16. The maximum absolute atomic E-state index is 11.0. The first kappa shape index (κ1) is 75.8. The van der Waals surface area contributed by atoms with Crippen molar-refractivity contribution in [1.82, 2.24) is 0 Å². The van der Waals surface area contributed by atoms with E-state index >= 15 is 0 Å². The van der Waals surface area contributed by atoms with E-state index in [9.17, 15) is 40.2 Å². The largest absolute Gasteiger partial charge is 1.00 e. The topological polar surface area (TPSA) is 571 Å². The van der Waals surface area contributed by atoms with E-state index in [0.717, 1.165) is 0 Å². The number of carbonyl (C=O) groups excluding carboxylic acids is 2. The smallest absolute Gasteiger partial charge is 0.870 e. The third-order valence-electron chi connectivity index (χ3n) is 4.58. The van der Waals surface area contributed by atoms with Crippen molar-refractivity contribution >= 4 is 52.9 Å². The molecule has 43 heavy (non-hydrogen) atoms. The second-order valence-corrected chi connectivity index (χ2v) is 18.7. The Morgan fingerprint density at radius 1 is 0.605 bits per heavy atom. The molecule has 0 spiro atoms. The van der Waals surface area contributed by atoms with Crippen LogP contribution in [0.1, 0.15) is 0 Å². The zero-order valence-electron chi connectivity index (χ0n) is 22.7. The van der Waals surface area contributed by atoms with E-state index in [0.29, 0.717) is 0 Å². The molecule has 4 fully saturated rings. The first-order valence-corrected chi connectivity index (χ1v) is 16.6. The molecule has 0 saturated carbocycles. The van der Waals surface area contributed by atoms with Gasteiger partial charge in [0, 0.05) is 0 Å². The van der Waals surface area contributed by atoms with Crippen molar-refractivity contribution in [1.29, 1.82) is 0 Å². The third kappa shape index (κ3) is 14.6. The Bertz CT molecular complexity index is 662. The van der Waals surface area contributed by atoms with Gasteiger partial charge in [0.15, 0.2) is 0 Å². The standard InChI is InChI=1S/2C6H9O7.3Na.11H2O.O.2Sb/c2*7-1-2(8)3(9)4(10)5(11)6(12)13;;;;;;;;;;;;;;;;;/h2*2-5,7,11H,1H2,(H,12,13);;;;11*1H2;;;/q2*-3;3*+1;;;;;;;;;;;;;2*+3/p-3. The molecule has 31 heteroatoms. The molecular weight excluding hydrogens is 873 g/mol. The predicted octanol–water partition coefficient (Wildman–Crippen LogP) is -25.0. The summed E-state index contributed by atoms with van der Waals surface area (Å²) in [5.74, 6) is -3.68. The monoisotopic (exact) mass is 908 g/mol. The molecule has 0 aromatic rings. The molecule has 4 aliphatic rings. The second kappa shape index (κ2) is 29.6. The zero-order valence-corrected chi connectivity index (χ0v) is 33.8. The number of fused-ring (bicyclic) bond motifs is 4. The number of rotatable bonds is 8. The van der Waals surface area contributed by atoms with Crippen LogP contribution in [-0.2, 0) is 29.0 Å². The molecule has 4 saturated heterocycles. The Labute approximate surface area is 319 Å². The number of hydrogen-bond donors (Lipinski definition) is 4. The number of carboxylic acid groups (broad SMARTS) is 2. The molecule has 0 amide bonds. The van der Waals surface area contributed by atoms with Crippen LogP contribution in [0.15, 0.2) is 0 Å². The van der Waals surface area contributed by atoms with Crippen molar-refractivity contribution in [2.75, 3.05) is 13.2 Å². The van der Waals surface area contributed by atoms with Gasteiger partial charge in [-0.25, -0.2) is 0 Å². The summed E-state index contributed by atoms with van der Waals surface area (Å²) in [5.41, 5.74) is 0.